The number of nitrogens with zero attached hydrogens (tertiary/aromatic N) is 1. The van der Waals surface area contributed by atoms with E-state index in [0.717, 1.165) is 5.56 Å². The number of halogens is 1. The molecule has 2 N–H and O–H groups in total. The normalized spacial score (nSPS) is 9.67. The summed E-state index contributed by atoms with van der Waals surface area (Å²) >= 11 is 0. The lowest BCUT2D eigenvalue weighted by Crippen LogP contribution is -2.05. The van der Waals surface area contributed by atoms with Crippen molar-refractivity contribution < 1.29 is 14.2 Å². The van der Waals surface area contributed by atoms with E-state index in [4.69, 9.17) is 5.73 Å². The van der Waals surface area contributed by atoms with Gasteiger partial charge in [-0.15, -0.1) is 0 Å². The van der Waals surface area contributed by atoms with Crippen molar-refractivity contribution in [3.05, 3.63) is 35.4 Å². The van der Waals surface area contributed by atoms with Gasteiger partial charge in [0.05, 0.1) is 25.1 Å². The molecule has 4 nitrogen and oxygen atoms in total. The Labute approximate surface area is 107 Å². The second-order valence-electron chi connectivity index (χ2n) is 3.15. The van der Waals surface area contributed by atoms with Crippen molar-refractivity contribution in [3.8, 4) is 0 Å². The third kappa shape index (κ3) is 6.62. The number of esters is 1. The lowest BCUT2D eigenvalue weighted by Gasteiger charge is -2.00. The minimum atomic E-state index is -0.333. The van der Waals surface area contributed by atoms with Crippen LogP contribution in [0.5, 0.6) is 0 Å². The lowest BCUT2D eigenvalue weighted by atomic mass is 10.1. The molecule has 0 amide bonds. The van der Waals surface area contributed by atoms with Crippen molar-refractivity contribution >= 4 is 11.8 Å². The van der Waals surface area contributed by atoms with Gasteiger partial charge in [-0.1, -0.05) is 26.0 Å². The number of rotatable bonds is 3. The summed E-state index contributed by atoms with van der Waals surface area (Å²) in [5.74, 6) is 0.215. The van der Waals surface area contributed by atoms with Gasteiger partial charge in [-0.05, 0) is 24.6 Å². The number of benzene rings is 1. The van der Waals surface area contributed by atoms with E-state index in [0.29, 0.717) is 17.9 Å². The monoisotopic (exact) mass is 256 g/mol. The van der Waals surface area contributed by atoms with Crippen LogP contribution < -0.4 is 5.73 Å². The fourth-order valence-electron chi connectivity index (χ4n) is 1.08. The molecule has 0 aliphatic carbocycles. The molecule has 0 radical (unpaired) electrons. The van der Waals surface area contributed by atoms with E-state index in [1.807, 2.05) is 26.0 Å². The largest absolute Gasteiger partial charge is 0.465 e. The van der Waals surface area contributed by atoms with E-state index in [1.165, 1.54) is 7.11 Å². The van der Waals surface area contributed by atoms with Gasteiger partial charge < -0.3 is 10.5 Å². The Bertz CT molecular complexity index is 371. The molecule has 0 unspecified atom stereocenters. The third-order valence-electron chi connectivity index (χ3n) is 1.89. The summed E-state index contributed by atoms with van der Waals surface area (Å²) in [6.07, 6.45) is 0. The first kappa shape index (κ1) is 18.5. The number of carbonyl (C=O) groups is 1. The summed E-state index contributed by atoms with van der Waals surface area (Å²) in [5.41, 5.74) is 6.96. The van der Waals surface area contributed by atoms with Gasteiger partial charge in [-0.25, -0.2) is 4.79 Å². The number of methoxy groups -OCH3 is 1. The molecule has 0 atom stereocenters. The number of hydrogen-bond donors (Lipinski definition) is 1. The van der Waals surface area contributed by atoms with Crippen molar-refractivity contribution in [2.24, 2.45) is 10.7 Å². The molecule has 0 aromatic heterocycles. The number of aliphatic imine (C=N–C) groups is 1. The van der Waals surface area contributed by atoms with Gasteiger partial charge in [0.25, 0.3) is 0 Å². The Morgan fingerprint density at radius 1 is 1.28 bits per heavy atom. The predicted octanol–water partition coefficient (Wildman–Crippen LogP) is 2.53. The van der Waals surface area contributed by atoms with Crippen LogP contribution in [0, 0.1) is 0 Å². The van der Waals surface area contributed by atoms with Gasteiger partial charge in [-0.3, -0.25) is 9.70 Å². The van der Waals surface area contributed by atoms with Crippen LogP contribution in [0.3, 0.4) is 0 Å². The molecule has 0 fully saturated rings. The molecule has 0 aliphatic heterocycles. The number of hydrogen-bond acceptors (Lipinski definition) is 3. The molecule has 0 aliphatic rings. The molecule has 1 aromatic carbocycles. The van der Waals surface area contributed by atoms with Crippen LogP contribution in [0.1, 0.15) is 36.7 Å². The smallest absolute Gasteiger partial charge is 0.337 e. The fourth-order valence-corrected chi connectivity index (χ4v) is 1.08. The second kappa shape index (κ2) is 10.3. The molecule has 0 saturated heterocycles. The highest BCUT2D eigenvalue weighted by Crippen LogP contribution is 2.06. The first-order valence-corrected chi connectivity index (χ1v) is 5.57. The molecule has 0 bridgehead atoms. The van der Waals surface area contributed by atoms with Crippen molar-refractivity contribution in [2.75, 3.05) is 7.11 Å². The standard InChI is InChI=1S/C11H14N2O2.C2H6.FH/c1-8(12)13-7-9-3-5-10(6-4-9)11(14)15-2;1-2;/h3-6H,7H2,1-2H3,(H2,12,13);1-2H3;1H. The molecule has 5 heteroatoms. The SMILES string of the molecule is CC.COC(=O)c1ccc(CN=C(C)N)cc1.F. The molecule has 18 heavy (non-hydrogen) atoms. The van der Waals surface area contributed by atoms with E-state index >= 15 is 0 Å². The van der Waals surface area contributed by atoms with Crippen LogP contribution >= 0.6 is 0 Å². The number of amidine groups is 1. The van der Waals surface area contributed by atoms with Crippen LogP contribution in [0.4, 0.5) is 4.70 Å². The maximum absolute atomic E-state index is 11.1. The quantitative estimate of drug-likeness (QED) is 0.513. The highest BCUT2D eigenvalue weighted by Gasteiger charge is 2.03. The van der Waals surface area contributed by atoms with Gasteiger partial charge in [0.15, 0.2) is 0 Å². The number of carbonyl (C=O) groups excluding carboxylic acids is 1. The fraction of sp³-hybridized carbons (Fsp3) is 0.385. The summed E-state index contributed by atoms with van der Waals surface area (Å²) in [4.78, 5) is 15.2. The Balaban J connectivity index is 0. The number of nitrogens with two attached hydrogens (primary N) is 1. The van der Waals surface area contributed by atoms with Crippen LogP contribution in [0.15, 0.2) is 29.3 Å². The highest BCUT2D eigenvalue weighted by atomic mass is 19.0. The molecule has 0 heterocycles. The summed E-state index contributed by atoms with van der Waals surface area (Å²) in [6.45, 7) is 6.27. The van der Waals surface area contributed by atoms with E-state index < -0.39 is 0 Å². The lowest BCUT2D eigenvalue weighted by molar-refractivity contribution is 0.0600. The highest BCUT2D eigenvalue weighted by molar-refractivity contribution is 5.89. The molecule has 1 aromatic rings. The maximum Gasteiger partial charge on any atom is 0.337 e. The average Bonchev–Trinajstić information content (AvgIpc) is 2.38. The average molecular weight is 256 g/mol. The number of ether oxygens (including phenoxy) is 1. The Kier molecular flexibility index (Phi) is 10.5. The van der Waals surface area contributed by atoms with Gasteiger partial charge >= 0.3 is 5.97 Å². The van der Waals surface area contributed by atoms with E-state index in [2.05, 4.69) is 9.73 Å². The maximum atomic E-state index is 11.1. The van der Waals surface area contributed by atoms with Crippen LogP contribution in [-0.4, -0.2) is 18.9 Å². The molecular formula is C13H21FN2O2. The second-order valence-corrected chi connectivity index (χ2v) is 3.15. The van der Waals surface area contributed by atoms with Crippen LogP contribution in [0.2, 0.25) is 0 Å². The zero-order valence-electron chi connectivity index (χ0n) is 11.3. The molecular weight excluding hydrogens is 235 g/mol. The van der Waals surface area contributed by atoms with Gasteiger partial charge in [0, 0.05) is 0 Å². The Morgan fingerprint density at radius 3 is 2.17 bits per heavy atom. The predicted molar refractivity (Wildman–Crippen MR) is 72.6 cm³/mol. The van der Waals surface area contributed by atoms with E-state index in [9.17, 15) is 4.79 Å². The first-order valence-electron chi connectivity index (χ1n) is 5.57. The van der Waals surface area contributed by atoms with Crippen LogP contribution in [0.25, 0.3) is 0 Å². The summed E-state index contributed by atoms with van der Waals surface area (Å²) in [6, 6.07) is 7.09. The third-order valence-corrected chi connectivity index (χ3v) is 1.89. The summed E-state index contributed by atoms with van der Waals surface area (Å²) < 4.78 is 4.59. The zero-order chi connectivity index (χ0) is 13.3. The summed E-state index contributed by atoms with van der Waals surface area (Å²) in [7, 11) is 1.36. The van der Waals surface area contributed by atoms with Crippen molar-refractivity contribution in [3.63, 3.8) is 0 Å². The van der Waals surface area contributed by atoms with Gasteiger partial charge in [-0.2, -0.15) is 0 Å². The van der Waals surface area contributed by atoms with Gasteiger partial charge in [0.2, 0.25) is 0 Å². The van der Waals surface area contributed by atoms with E-state index in [-0.39, 0.29) is 10.7 Å². The van der Waals surface area contributed by atoms with Crippen molar-refractivity contribution in [1.29, 1.82) is 0 Å². The van der Waals surface area contributed by atoms with Crippen molar-refractivity contribution in [1.82, 2.24) is 0 Å². The first-order chi connectivity index (χ1) is 8.13. The van der Waals surface area contributed by atoms with Crippen LogP contribution in [-0.2, 0) is 11.3 Å². The summed E-state index contributed by atoms with van der Waals surface area (Å²) in [5, 5.41) is 0. The Morgan fingerprint density at radius 2 is 1.78 bits per heavy atom. The minimum Gasteiger partial charge on any atom is -0.465 e. The Hall–Kier alpha value is -1.91. The van der Waals surface area contributed by atoms with Crippen molar-refractivity contribution in [2.45, 2.75) is 27.3 Å². The molecule has 102 valence electrons. The van der Waals surface area contributed by atoms with Gasteiger partial charge in [0.1, 0.15) is 0 Å². The zero-order valence-corrected chi connectivity index (χ0v) is 11.3. The topological polar surface area (TPSA) is 64.7 Å². The minimum absolute atomic E-state index is 0. The molecule has 0 spiro atoms. The van der Waals surface area contributed by atoms with E-state index in [1.54, 1.807) is 19.1 Å². The molecule has 0 saturated carbocycles. The molecule has 1 rings (SSSR count).